The molecule has 0 bridgehead atoms. The Balaban J connectivity index is 1.91. The smallest absolute Gasteiger partial charge is 0.387 e. The van der Waals surface area contributed by atoms with Crippen molar-refractivity contribution in [1.29, 1.82) is 0 Å². The van der Waals surface area contributed by atoms with E-state index >= 15 is 0 Å². The van der Waals surface area contributed by atoms with Gasteiger partial charge in [-0.05, 0) is 38.5 Å². The summed E-state index contributed by atoms with van der Waals surface area (Å²) in [6, 6.07) is 6.25. The summed E-state index contributed by atoms with van der Waals surface area (Å²) >= 11 is 0. The molecule has 2 aromatic rings. The van der Waals surface area contributed by atoms with E-state index in [2.05, 4.69) is 15.0 Å². The number of aromatic nitrogens is 1. The number of carbonyl (C=O) groups is 2. The van der Waals surface area contributed by atoms with E-state index in [1.165, 1.54) is 31.3 Å². The number of hydrogen-bond acceptors (Lipinski definition) is 5. The van der Waals surface area contributed by atoms with Gasteiger partial charge < -0.3 is 14.8 Å². The molecule has 1 aliphatic rings. The van der Waals surface area contributed by atoms with Crippen LogP contribution in [0, 0.1) is 5.82 Å². The average Bonchev–Trinajstić information content (AvgIpc) is 2.97. The van der Waals surface area contributed by atoms with E-state index < -0.39 is 36.0 Å². The quantitative estimate of drug-likeness (QED) is 0.702. The van der Waals surface area contributed by atoms with Crippen LogP contribution in [-0.2, 0) is 9.53 Å². The zero-order valence-corrected chi connectivity index (χ0v) is 16.6. The van der Waals surface area contributed by atoms with Gasteiger partial charge >= 0.3 is 6.61 Å². The fraction of sp³-hybridized carbons (Fsp3) is 0.381. The summed E-state index contributed by atoms with van der Waals surface area (Å²) in [5.41, 5.74) is 0.0477. The van der Waals surface area contributed by atoms with Crippen molar-refractivity contribution in [2.75, 3.05) is 5.32 Å². The second-order valence-corrected chi connectivity index (χ2v) is 7.64. The van der Waals surface area contributed by atoms with Crippen LogP contribution in [-0.4, -0.2) is 35.0 Å². The molecule has 160 valence electrons. The molecule has 2 heterocycles. The molecule has 2 atom stereocenters. The number of Topliss-reactive ketones (excluding diaryl/α,β-unsaturated/α-hetero) is 1. The van der Waals surface area contributed by atoms with Crippen LogP contribution < -0.4 is 10.1 Å². The number of alkyl halides is 2. The number of benzene rings is 1. The van der Waals surface area contributed by atoms with Gasteiger partial charge in [-0.25, -0.2) is 4.39 Å². The molecule has 1 amide bonds. The van der Waals surface area contributed by atoms with E-state index in [-0.39, 0.29) is 22.8 Å². The van der Waals surface area contributed by atoms with Gasteiger partial charge in [0.15, 0.2) is 5.78 Å². The van der Waals surface area contributed by atoms with Gasteiger partial charge in [-0.2, -0.15) is 8.78 Å². The summed E-state index contributed by atoms with van der Waals surface area (Å²) in [5.74, 6) is -2.51. The monoisotopic (exact) mass is 422 g/mol. The summed E-state index contributed by atoms with van der Waals surface area (Å²) in [6.45, 7) is 1.75. The molecule has 30 heavy (non-hydrogen) atoms. The lowest BCUT2D eigenvalue weighted by molar-refractivity contribution is -0.130. The normalized spacial score (nSPS) is 20.2. The van der Waals surface area contributed by atoms with Gasteiger partial charge in [0, 0.05) is 36.4 Å². The Morgan fingerprint density at radius 2 is 2.00 bits per heavy atom. The highest BCUT2D eigenvalue weighted by molar-refractivity contribution is 5.97. The number of amides is 1. The first-order valence-corrected chi connectivity index (χ1v) is 9.26. The molecule has 1 aromatic heterocycles. The Morgan fingerprint density at radius 3 is 2.67 bits per heavy atom. The first-order chi connectivity index (χ1) is 14.1. The summed E-state index contributed by atoms with van der Waals surface area (Å²) < 4.78 is 49.6. The first-order valence-electron chi connectivity index (χ1n) is 9.26. The van der Waals surface area contributed by atoms with Crippen LogP contribution in [0.2, 0.25) is 0 Å². The highest BCUT2D eigenvalue weighted by Crippen LogP contribution is 2.44. The third-order valence-electron chi connectivity index (χ3n) is 4.76. The number of nitrogens with zero attached hydrogens (tertiary/aromatic N) is 1. The molecule has 0 radical (unpaired) electrons. The standard InChI is InChI=1S/C21H21F3N2O4/c1-11(27)16-9-13(6-7-25-16)26-19(28)18-15(10-21(2,3)30-18)14-5-4-12(22)8-17(14)29-20(23)24/h4-9,15,18,20H,10H2,1-3H3,(H,25,26,28)/t15-,18+/m0/s1. The predicted octanol–water partition coefficient (Wildman–Crippen LogP) is 4.31. The van der Waals surface area contributed by atoms with Crippen molar-refractivity contribution in [3.8, 4) is 5.75 Å². The number of anilines is 1. The van der Waals surface area contributed by atoms with E-state index in [4.69, 9.17) is 4.74 Å². The van der Waals surface area contributed by atoms with Crippen molar-refractivity contribution in [2.45, 2.75) is 51.4 Å². The van der Waals surface area contributed by atoms with E-state index in [0.29, 0.717) is 12.1 Å². The van der Waals surface area contributed by atoms with Gasteiger partial charge in [0.05, 0.1) is 5.60 Å². The molecule has 1 N–H and O–H groups in total. The number of hydrogen-bond donors (Lipinski definition) is 1. The number of ketones is 1. The molecule has 1 aliphatic heterocycles. The lowest BCUT2D eigenvalue weighted by Gasteiger charge is -2.21. The van der Waals surface area contributed by atoms with Crippen molar-refractivity contribution in [2.24, 2.45) is 0 Å². The predicted molar refractivity (Wildman–Crippen MR) is 102 cm³/mol. The van der Waals surface area contributed by atoms with Gasteiger partial charge in [0.1, 0.15) is 23.4 Å². The van der Waals surface area contributed by atoms with Crippen molar-refractivity contribution in [3.63, 3.8) is 0 Å². The highest BCUT2D eigenvalue weighted by Gasteiger charge is 2.46. The molecule has 0 aliphatic carbocycles. The Morgan fingerprint density at radius 1 is 1.27 bits per heavy atom. The van der Waals surface area contributed by atoms with Gasteiger partial charge in [0.25, 0.3) is 5.91 Å². The minimum absolute atomic E-state index is 0.183. The number of pyridine rings is 1. The molecule has 0 saturated carbocycles. The maximum Gasteiger partial charge on any atom is 0.387 e. The van der Waals surface area contributed by atoms with E-state index in [0.717, 1.165) is 12.1 Å². The zero-order valence-electron chi connectivity index (χ0n) is 16.6. The van der Waals surface area contributed by atoms with Crippen molar-refractivity contribution >= 4 is 17.4 Å². The number of nitrogens with one attached hydrogen (secondary N) is 1. The van der Waals surface area contributed by atoms with E-state index in [1.54, 1.807) is 13.8 Å². The lowest BCUT2D eigenvalue weighted by atomic mass is 9.87. The summed E-state index contributed by atoms with van der Waals surface area (Å²) in [5, 5.41) is 2.67. The van der Waals surface area contributed by atoms with Gasteiger partial charge in [0.2, 0.25) is 0 Å². The van der Waals surface area contributed by atoms with Crippen LogP contribution in [0.5, 0.6) is 5.75 Å². The SMILES string of the molecule is CC(=O)c1cc(NC(=O)[C@@H]2OC(C)(C)C[C@H]2c2ccc(F)cc2OC(F)F)ccn1. The van der Waals surface area contributed by atoms with Crippen molar-refractivity contribution < 1.29 is 32.2 Å². The fourth-order valence-electron chi connectivity index (χ4n) is 3.55. The highest BCUT2D eigenvalue weighted by atomic mass is 19.3. The van der Waals surface area contributed by atoms with Crippen molar-refractivity contribution in [3.05, 3.63) is 53.6 Å². The van der Waals surface area contributed by atoms with Crippen LogP contribution in [0.3, 0.4) is 0 Å². The molecule has 1 fully saturated rings. The lowest BCUT2D eigenvalue weighted by Crippen LogP contribution is -2.33. The first kappa shape index (κ1) is 21.8. The Kier molecular flexibility index (Phi) is 6.12. The van der Waals surface area contributed by atoms with E-state index in [1.807, 2.05) is 0 Å². The molecule has 1 aromatic carbocycles. The van der Waals surface area contributed by atoms with Crippen LogP contribution in [0.1, 0.15) is 49.2 Å². The third kappa shape index (κ3) is 4.96. The van der Waals surface area contributed by atoms with Crippen LogP contribution >= 0.6 is 0 Å². The average molecular weight is 422 g/mol. The van der Waals surface area contributed by atoms with E-state index in [9.17, 15) is 22.8 Å². The molecule has 0 unspecified atom stereocenters. The summed E-state index contributed by atoms with van der Waals surface area (Å²) in [4.78, 5) is 28.4. The number of rotatable bonds is 6. The second-order valence-electron chi connectivity index (χ2n) is 7.64. The number of ether oxygens (including phenoxy) is 2. The van der Waals surface area contributed by atoms with Crippen molar-refractivity contribution in [1.82, 2.24) is 4.98 Å². The maximum atomic E-state index is 13.6. The second kappa shape index (κ2) is 8.43. The summed E-state index contributed by atoms with van der Waals surface area (Å²) in [7, 11) is 0. The third-order valence-corrected chi connectivity index (χ3v) is 4.76. The van der Waals surface area contributed by atoms with Crippen LogP contribution in [0.4, 0.5) is 18.9 Å². The maximum absolute atomic E-state index is 13.6. The topological polar surface area (TPSA) is 77.5 Å². The van der Waals surface area contributed by atoms with Crippen LogP contribution in [0.15, 0.2) is 36.5 Å². The molecule has 3 rings (SSSR count). The molecule has 0 spiro atoms. The fourth-order valence-corrected chi connectivity index (χ4v) is 3.55. The number of carbonyl (C=O) groups excluding carboxylic acids is 2. The molecule has 6 nitrogen and oxygen atoms in total. The summed E-state index contributed by atoms with van der Waals surface area (Å²) in [6.07, 6.45) is 0.669. The Labute approximate surface area is 171 Å². The van der Waals surface area contributed by atoms with Gasteiger partial charge in [-0.3, -0.25) is 14.6 Å². The van der Waals surface area contributed by atoms with Gasteiger partial charge in [-0.15, -0.1) is 0 Å². The molecular weight excluding hydrogens is 401 g/mol. The minimum atomic E-state index is -3.14. The molecule has 9 heteroatoms. The Hall–Kier alpha value is -2.94. The van der Waals surface area contributed by atoms with Gasteiger partial charge in [-0.1, -0.05) is 6.07 Å². The molecule has 1 saturated heterocycles. The molecular formula is C21H21F3N2O4. The van der Waals surface area contributed by atoms with Crippen LogP contribution in [0.25, 0.3) is 0 Å². The minimum Gasteiger partial charge on any atom is -0.434 e. The number of halogens is 3. The zero-order chi connectivity index (χ0) is 22.1. The Bertz CT molecular complexity index is 965. The largest absolute Gasteiger partial charge is 0.434 e.